The largest absolute Gasteiger partial charge is 0.488 e. The molecule has 1 aromatic carbocycles. The summed E-state index contributed by atoms with van der Waals surface area (Å²) in [6.45, 7) is 0.433. The van der Waals surface area contributed by atoms with E-state index in [2.05, 4.69) is 10.3 Å². The van der Waals surface area contributed by atoms with Gasteiger partial charge in [0, 0.05) is 52.5 Å². The predicted octanol–water partition coefficient (Wildman–Crippen LogP) is 4.05. The molecule has 1 aliphatic rings. The van der Waals surface area contributed by atoms with Gasteiger partial charge in [-0.05, 0) is 36.8 Å². The number of rotatable bonds is 7. The third-order valence-corrected chi connectivity index (χ3v) is 7.83. The summed E-state index contributed by atoms with van der Waals surface area (Å²) >= 11 is 7.64. The van der Waals surface area contributed by atoms with Crippen LogP contribution < -0.4 is 21.3 Å². The van der Waals surface area contributed by atoms with Crippen LogP contribution in [0.15, 0.2) is 52.3 Å². The van der Waals surface area contributed by atoms with E-state index in [4.69, 9.17) is 16.3 Å². The second kappa shape index (κ2) is 10.7. The molecule has 0 saturated carbocycles. The van der Waals surface area contributed by atoms with Gasteiger partial charge in [-0.3, -0.25) is 23.7 Å². The Balaban J connectivity index is 1.53. The molecule has 1 saturated heterocycles. The van der Waals surface area contributed by atoms with E-state index in [1.807, 2.05) is 6.92 Å². The van der Waals surface area contributed by atoms with E-state index in [1.54, 1.807) is 30.5 Å². The van der Waals surface area contributed by atoms with Gasteiger partial charge >= 0.3 is 17.8 Å². The van der Waals surface area contributed by atoms with E-state index in [9.17, 15) is 32.7 Å². The molecule has 0 aliphatic carbocycles. The number of alkyl halides is 3. The molecule has 210 valence electrons. The van der Waals surface area contributed by atoms with Gasteiger partial charge in [0.05, 0.1) is 16.8 Å². The number of hydrogen-bond donors (Lipinski definition) is 2. The van der Waals surface area contributed by atoms with Crippen molar-refractivity contribution in [3.63, 3.8) is 0 Å². The maximum absolute atomic E-state index is 12.9. The van der Waals surface area contributed by atoms with Crippen LogP contribution in [-0.4, -0.2) is 50.1 Å². The summed E-state index contributed by atoms with van der Waals surface area (Å²) in [5.41, 5.74) is 0.853. The molecule has 14 heteroatoms. The fourth-order valence-electron chi connectivity index (χ4n) is 4.68. The Morgan fingerprint density at radius 3 is 2.73 bits per heavy atom. The van der Waals surface area contributed by atoms with Crippen LogP contribution in [-0.2, 0) is 17.9 Å². The Hall–Kier alpha value is -3.68. The minimum absolute atomic E-state index is 0.237. The van der Waals surface area contributed by atoms with Crippen molar-refractivity contribution in [3.05, 3.63) is 79.0 Å². The SMILES string of the molecule is Cc1cc(Cl)cc(-c2ccnc3cc(Cn4c(=O)ccn(CC(F)(F)F)c4=O)sc23)c1O[C@@H]1CN[C@H](C(=O)O)C1. The molecule has 5 rings (SSSR count). The van der Waals surface area contributed by atoms with E-state index in [-0.39, 0.29) is 19.1 Å². The zero-order valence-corrected chi connectivity index (χ0v) is 22.4. The van der Waals surface area contributed by atoms with Crippen LogP contribution in [0, 0.1) is 6.92 Å². The Labute approximate surface area is 233 Å². The molecule has 1 aliphatic heterocycles. The summed E-state index contributed by atoms with van der Waals surface area (Å²) in [7, 11) is 0. The average molecular weight is 595 g/mol. The van der Waals surface area contributed by atoms with E-state index in [0.717, 1.165) is 22.4 Å². The van der Waals surface area contributed by atoms with E-state index < -0.39 is 36.0 Å². The van der Waals surface area contributed by atoms with Crippen molar-refractivity contribution in [2.45, 2.75) is 44.8 Å². The number of halogens is 4. The number of aromatic nitrogens is 3. The highest BCUT2D eigenvalue weighted by Crippen LogP contribution is 2.42. The highest BCUT2D eigenvalue weighted by molar-refractivity contribution is 7.19. The number of aliphatic carboxylic acids is 1. The van der Waals surface area contributed by atoms with Gasteiger partial charge in [0.2, 0.25) is 0 Å². The normalized spacial score (nSPS) is 17.4. The lowest BCUT2D eigenvalue weighted by molar-refractivity contribution is -0.141. The Morgan fingerprint density at radius 2 is 2.02 bits per heavy atom. The number of fused-ring (bicyclic) bond motifs is 1. The minimum atomic E-state index is -4.62. The number of hydrogen-bond acceptors (Lipinski definition) is 7. The number of carbonyl (C=O) groups is 1. The summed E-state index contributed by atoms with van der Waals surface area (Å²) in [6, 6.07) is 7.12. The predicted molar refractivity (Wildman–Crippen MR) is 143 cm³/mol. The first-order valence-electron chi connectivity index (χ1n) is 12.1. The van der Waals surface area contributed by atoms with Crippen LogP contribution in [0.3, 0.4) is 0 Å². The molecule has 0 radical (unpaired) electrons. The van der Waals surface area contributed by atoms with Crippen LogP contribution in [0.2, 0.25) is 5.02 Å². The van der Waals surface area contributed by atoms with Gasteiger partial charge in [-0.2, -0.15) is 13.2 Å². The number of benzene rings is 1. The van der Waals surface area contributed by atoms with Crippen LogP contribution in [0.4, 0.5) is 13.2 Å². The van der Waals surface area contributed by atoms with Crippen LogP contribution in [0.1, 0.15) is 16.9 Å². The second-order valence-corrected chi connectivity index (χ2v) is 11.0. The minimum Gasteiger partial charge on any atom is -0.488 e. The van der Waals surface area contributed by atoms with Crippen LogP contribution in [0.5, 0.6) is 5.75 Å². The number of nitrogens with zero attached hydrogens (tertiary/aromatic N) is 3. The van der Waals surface area contributed by atoms with Crippen LogP contribution in [0.25, 0.3) is 21.3 Å². The van der Waals surface area contributed by atoms with Gasteiger partial charge in [0.25, 0.3) is 5.56 Å². The lowest BCUT2D eigenvalue weighted by atomic mass is 10.0. The van der Waals surface area contributed by atoms with E-state index in [0.29, 0.717) is 48.1 Å². The summed E-state index contributed by atoms with van der Waals surface area (Å²) in [5, 5.41) is 12.7. The van der Waals surface area contributed by atoms with Crippen molar-refractivity contribution < 1.29 is 27.8 Å². The first-order valence-corrected chi connectivity index (χ1v) is 13.3. The number of aryl methyl sites for hydroxylation is 1. The topological polar surface area (TPSA) is 115 Å². The summed E-state index contributed by atoms with van der Waals surface area (Å²) in [5.74, 6) is -0.428. The zero-order chi connectivity index (χ0) is 28.8. The molecule has 2 atom stereocenters. The van der Waals surface area contributed by atoms with Gasteiger partial charge in [-0.25, -0.2) is 4.79 Å². The number of carboxylic acids is 1. The van der Waals surface area contributed by atoms with Gasteiger partial charge in [-0.1, -0.05) is 11.6 Å². The van der Waals surface area contributed by atoms with E-state index >= 15 is 0 Å². The maximum atomic E-state index is 12.9. The third-order valence-electron chi connectivity index (χ3n) is 6.47. The molecule has 0 bridgehead atoms. The Morgan fingerprint density at radius 1 is 1.25 bits per heavy atom. The molecule has 0 unspecified atom stereocenters. The number of ether oxygens (including phenoxy) is 1. The fraction of sp³-hybridized carbons (Fsp3) is 0.308. The summed E-state index contributed by atoms with van der Waals surface area (Å²) in [6.07, 6.45) is -2.32. The molecule has 4 aromatic rings. The van der Waals surface area contributed by atoms with Gasteiger partial charge < -0.3 is 15.2 Å². The number of thiophene rings is 1. The molecule has 2 N–H and O–H groups in total. The Bertz CT molecular complexity index is 1730. The molecule has 3 aromatic heterocycles. The highest BCUT2D eigenvalue weighted by Gasteiger charge is 2.32. The molecule has 0 amide bonds. The first-order chi connectivity index (χ1) is 18.9. The number of nitrogens with one attached hydrogen (secondary N) is 1. The summed E-state index contributed by atoms with van der Waals surface area (Å²) < 4.78 is 46.9. The second-order valence-electron chi connectivity index (χ2n) is 9.43. The Kier molecular flexibility index (Phi) is 7.46. The lowest BCUT2D eigenvalue weighted by Crippen LogP contribution is -2.41. The number of carboxylic acid groups (broad SMARTS) is 1. The van der Waals surface area contributed by atoms with Gasteiger partial charge in [0.15, 0.2) is 0 Å². The fourth-order valence-corrected chi connectivity index (χ4v) is 6.09. The molecule has 40 heavy (non-hydrogen) atoms. The lowest BCUT2D eigenvalue weighted by Gasteiger charge is -2.19. The zero-order valence-electron chi connectivity index (χ0n) is 20.9. The van der Waals surface area contributed by atoms with Crippen molar-refractivity contribution in [1.82, 2.24) is 19.4 Å². The van der Waals surface area contributed by atoms with Crippen molar-refractivity contribution >= 4 is 39.1 Å². The monoisotopic (exact) mass is 594 g/mol. The average Bonchev–Trinajstić information content (AvgIpc) is 3.51. The number of pyridine rings is 1. The molecule has 1 fully saturated rings. The standard InChI is InChI=1S/C26H22ClF3N4O5S/c1-13-6-14(27)7-18(22(13)39-15-8-20(24(36)37)32-10-15)17-2-4-31-19-9-16(40-23(17)19)11-34-21(35)3-5-33(25(34)38)12-26(28,29)30/h2-7,9,15,20,32H,8,10-12H2,1H3,(H,36,37)/t15-,20-/m0/s1. The van der Waals surface area contributed by atoms with Crippen molar-refractivity contribution in [3.8, 4) is 16.9 Å². The van der Waals surface area contributed by atoms with Crippen molar-refractivity contribution in [2.24, 2.45) is 0 Å². The molecule has 4 heterocycles. The molecular formula is C26H22ClF3N4O5S. The quantitative estimate of drug-likeness (QED) is 0.332. The summed E-state index contributed by atoms with van der Waals surface area (Å²) in [4.78, 5) is 41.4. The van der Waals surface area contributed by atoms with Gasteiger partial charge in [-0.15, -0.1) is 11.3 Å². The highest BCUT2D eigenvalue weighted by atomic mass is 35.5. The van der Waals surface area contributed by atoms with E-state index in [1.165, 1.54) is 11.3 Å². The van der Waals surface area contributed by atoms with Crippen molar-refractivity contribution in [2.75, 3.05) is 6.54 Å². The maximum Gasteiger partial charge on any atom is 0.406 e. The van der Waals surface area contributed by atoms with Gasteiger partial charge in [0.1, 0.15) is 24.4 Å². The molecule has 0 spiro atoms. The molecular weight excluding hydrogens is 573 g/mol. The first kappa shape index (κ1) is 27.9. The smallest absolute Gasteiger partial charge is 0.406 e. The van der Waals surface area contributed by atoms with Crippen molar-refractivity contribution in [1.29, 1.82) is 0 Å². The molecule has 9 nitrogen and oxygen atoms in total. The van der Waals surface area contributed by atoms with Crippen LogP contribution >= 0.6 is 22.9 Å². The third kappa shape index (κ3) is 5.76.